The maximum absolute atomic E-state index is 6.10. The van der Waals surface area contributed by atoms with E-state index in [1.165, 1.54) is 0 Å². The third-order valence-corrected chi connectivity index (χ3v) is 9.81. The van der Waals surface area contributed by atoms with E-state index in [9.17, 15) is 0 Å². The zero-order valence-corrected chi connectivity index (χ0v) is 32.0. The lowest BCUT2D eigenvalue weighted by Crippen LogP contribution is -2.41. The van der Waals surface area contributed by atoms with Gasteiger partial charge in [0.15, 0.2) is 0 Å². The van der Waals surface area contributed by atoms with Crippen molar-refractivity contribution in [3.8, 4) is 11.1 Å². The Bertz CT molecular complexity index is 2210. The van der Waals surface area contributed by atoms with Crippen LogP contribution in [-0.4, -0.2) is 47.4 Å². The second kappa shape index (κ2) is 13.6. The van der Waals surface area contributed by atoms with Crippen LogP contribution in [0.1, 0.15) is 50.5 Å². The van der Waals surface area contributed by atoms with E-state index < -0.39 is 0 Å². The van der Waals surface area contributed by atoms with Crippen molar-refractivity contribution in [2.24, 2.45) is 14.1 Å². The average molecular weight is 742 g/mol. The van der Waals surface area contributed by atoms with Crippen molar-refractivity contribution in [2.75, 3.05) is 22.9 Å². The van der Waals surface area contributed by atoms with Gasteiger partial charge in [-0.15, -0.1) is 0 Å². The number of nitrogens with zero attached hydrogens (tertiary/aromatic N) is 6. The lowest BCUT2D eigenvalue weighted by atomic mass is 9.76. The van der Waals surface area contributed by atoms with Crippen LogP contribution < -0.4 is 28.4 Å². The average Bonchev–Trinajstić information content (AvgIpc) is 3.55. The summed E-state index contributed by atoms with van der Waals surface area (Å²) in [4.78, 5) is 17.2. The molecule has 1 fully saturated rings. The second-order valence-electron chi connectivity index (χ2n) is 13.7. The number of anilines is 4. The molecule has 2 aromatic carbocycles. The lowest BCUT2D eigenvalue weighted by molar-refractivity contribution is 0.00578. The van der Waals surface area contributed by atoms with Crippen molar-refractivity contribution in [1.29, 1.82) is 0 Å². The summed E-state index contributed by atoms with van der Waals surface area (Å²) < 4.78 is 16.8. The molecule has 0 spiro atoms. The minimum absolute atomic E-state index is 0.300. The van der Waals surface area contributed by atoms with Crippen molar-refractivity contribution >= 4 is 73.6 Å². The molecule has 262 valence electrons. The first-order valence-electron chi connectivity index (χ1n) is 16.2. The first-order chi connectivity index (χ1) is 23.3. The number of nitrogen functional groups attached to an aromatic ring is 4. The Balaban J connectivity index is 0.000000149. The van der Waals surface area contributed by atoms with Crippen molar-refractivity contribution in [2.45, 2.75) is 66.6 Å². The number of halogens is 1. The normalized spacial score (nSPS) is 14.7. The van der Waals surface area contributed by atoms with Gasteiger partial charge in [-0.1, -0.05) is 12.1 Å². The molecule has 1 aliphatic rings. The molecule has 7 rings (SSSR count). The summed E-state index contributed by atoms with van der Waals surface area (Å²) in [5.74, 6) is 2.41. The number of aryl methyl sites for hydroxylation is 6. The van der Waals surface area contributed by atoms with Crippen LogP contribution in [0.15, 0.2) is 53.3 Å². The molecule has 8 N–H and O–H groups in total. The van der Waals surface area contributed by atoms with Crippen LogP contribution in [0, 0.1) is 27.7 Å². The predicted octanol–water partition coefficient (Wildman–Crippen LogP) is 5.91. The van der Waals surface area contributed by atoms with E-state index in [1.54, 1.807) is 0 Å². The van der Waals surface area contributed by atoms with E-state index in [1.807, 2.05) is 99.7 Å². The maximum atomic E-state index is 6.10. The molecule has 1 saturated heterocycles. The molecule has 0 amide bonds. The molecule has 0 bridgehead atoms. The highest BCUT2D eigenvalue weighted by Gasteiger charge is 2.52. The molecule has 0 atom stereocenters. The highest BCUT2D eigenvalue weighted by molar-refractivity contribution is 9.10. The van der Waals surface area contributed by atoms with Gasteiger partial charge in [-0.3, -0.25) is 0 Å². The number of fused-ring (bicyclic) bond motifs is 2. The summed E-state index contributed by atoms with van der Waals surface area (Å²) in [6, 6.07) is 11.7. The molecule has 14 heteroatoms. The van der Waals surface area contributed by atoms with E-state index in [0.29, 0.717) is 23.3 Å². The van der Waals surface area contributed by atoms with Crippen LogP contribution in [0.25, 0.3) is 33.2 Å². The van der Waals surface area contributed by atoms with Gasteiger partial charge in [-0.2, -0.15) is 0 Å². The topological polar surface area (TPSA) is 184 Å². The largest absolute Gasteiger partial charge is 0.495 e. The molecule has 0 radical (unpaired) electrons. The molecule has 50 heavy (non-hydrogen) atoms. The molecule has 0 saturated carbocycles. The number of benzene rings is 2. The Hall–Kier alpha value is -4.66. The Kier molecular flexibility index (Phi) is 9.94. The van der Waals surface area contributed by atoms with Crippen LogP contribution >= 0.6 is 15.9 Å². The quantitative estimate of drug-likeness (QED) is 0.123. The molecular weight excluding hydrogens is 695 g/mol. The summed E-state index contributed by atoms with van der Waals surface area (Å²) in [7, 11) is 3.59. The van der Waals surface area contributed by atoms with Crippen LogP contribution in [0.5, 0.6) is 0 Å². The third-order valence-electron chi connectivity index (χ3n) is 9.21. The summed E-state index contributed by atoms with van der Waals surface area (Å²) in [6.45, 7) is 16.0. The highest BCUT2D eigenvalue weighted by atomic mass is 79.9. The van der Waals surface area contributed by atoms with Crippen LogP contribution in [0.4, 0.5) is 23.0 Å². The van der Waals surface area contributed by atoms with Crippen LogP contribution in [-0.2, 0) is 23.4 Å². The molecule has 1 aliphatic heterocycles. The van der Waals surface area contributed by atoms with Gasteiger partial charge in [-0.25, -0.2) is 19.9 Å². The Morgan fingerprint density at radius 1 is 0.640 bits per heavy atom. The monoisotopic (exact) mass is 740 g/mol. The van der Waals surface area contributed by atoms with Crippen LogP contribution in [0.2, 0.25) is 0 Å². The Labute approximate surface area is 301 Å². The minimum Gasteiger partial charge on any atom is -0.399 e. The third kappa shape index (κ3) is 7.14. The van der Waals surface area contributed by atoms with E-state index in [0.717, 1.165) is 65.6 Å². The predicted molar refractivity (Wildman–Crippen MR) is 209 cm³/mol. The van der Waals surface area contributed by atoms with Gasteiger partial charge in [0.1, 0.15) is 34.6 Å². The Morgan fingerprint density at radius 3 is 1.66 bits per heavy atom. The number of aromatic nitrogens is 6. The molecule has 6 aromatic rings. The van der Waals surface area contributed by atoms with Gasteiger partial charge in [0.2, 0.25) is 0 Å². The standard InChI is InChI=1S/C15H17N5.C13H20BNO2.C8H9BrN4/c1-8-6-10(16)4-5-11(8)12-7-20(3)15-13(12)14(17)18-9(2)19-15;1-9-8-10(15)6-7-11(9)14-16-12(2,3)13(4,5)17-14;1-4-11-7(10)6-5(9)3-13(2)8(6)12-4/h4-7H,16H2,1-3H3,(H2,17,18,19);6-8H,15H2,1-5H3;3H,1-2H3,(H2,10,11,12). The van der Waals surface area contributed by atoms with Crippen molar-refractivity contribution in [3.63, 3.8) is 0 Å². The van der Waals surface area contributed by atoms with Gasteiger partial charge in [0, 0.05) is 47.9 Å². The van der Waals surface area contributed by atoms with Gasteiger partial charge < -0.3 is 41.4 Å². The summed E-state index contributed by atoms with van der Waals surface area (Å²) >= 11 is 3.41. The molecule has 0 unspecified atom stereocenters. The van der Waals surface area contributed by atoms with Crippen molar-refractivity contribution < 1.29 is 9.31 Å². The van der Waals surface area contributed by atoms with E-state index in [2.05, 4.69) is 63.6 Å². The fraction of sp³-hybridized carbons (Fsp3) is 0.333. The van der Waals surface area contributed by atoms with E-state index in [-0.39, 0.29) is 18.3 Å². The van der Waals surface area contributed by atoms with Crippen molar-refractivity contribution in [1.82, 2.24) is 29.1 Å². The SMILES string of the molecule is Cc1cc(N)ccc1B1OC(C)(C)C(C)(C)O1.Cc1nc(N)c2c(-c3ccc(N)cc3C)cn(C)c2n1.Cc1nc(N)c2c(Br)cn(C)c2n1. The molecule has 5 heterocycles. The smallest absolute Gasteiger partial charge is 0.399 e. The first-order valence-corrected chi connectivity index (χ1v) is 17.0. The minimum atomic E-state index is -0.305. The molecule has 12 nitrogen and oxygen atoms in total. The number of nitrogens with two attached hydrogens (primary N) is 4. The van der Waals surface area contributed by atoms with Crippen molar-refractivity contribution in [3.05, 3.63) is 76.0 Å². The molecular formula is C36H46BBrN10O2. The summed E-state index contributed by atoms with van der Waals surface area (Å²) in [5, 5.41) is 1.78. The van der Waals surface area contributed by atoms with Gasteiger partial charge >= 0.3 is 7.12 Å². The first kappa shape index (κ1) is 36.6. The number of rotatable bonds is 2. The molecule has 0 aliphatic carbocycles. The summed E-state index contributed by atoms with van der Waals surface area (Å²) in [6.07, 6.45) is 3.96. The fourth-order valence-corrected chi connectivity index (χ4v) is 6.59. The highest BCUT2D eigenvalue weighted by Crippen LogP contribution is 2.37. The zero-order chi connectivity index (χ0) is 36.9. The lowest BCUT2D eigenvalue weighted by Gasteiger charge is -2.32. The zero-order valence-electron chi connectivity index (χ0n) is 30.4. The van der Waals surface area contributed by atoms with E-state index in [4.69, 9.17) is 32.2 Å². The summed E-state index contributed by atoms with van der Waals surface area (Å²) in [5.41, 5.74) is 31.5. The van der Waals surface area contributed by atoms with Crippen LogP contribution in [0.3, 0.4) is 0 Å². The van der Waals surface area contributed by atoms with Gasteiger partial charge in [0.25, 0.3) is 0 Å². The van der Waals surface area contributed by atoms with E-state index >= 15 is 0 Å². The Morgan fingerprint density at radius 2 is 1.12 bits per heavy atom. The van der Waals surface area contributed by atoms with Gasteiger partial charge in [-0.05, 0) is 118 Å². The number of hydrogen-bond acceptors (Lipinski definition) is 10. The molecule has 4 aromatic heterocycles. The maximum Gasteiger partial charge on any atom is 0.495 e. The second-order valence-corrected chi connectivity index (χ2v) is 14.6. The van der Waals surface area contributed by atoms with Gasteiger partial charge in [0.05, 0.1) is 22.0 Å². The fourth-order valence-electron chi connectivity index (χ4n) is 5.90. The number of hydrogen-bond donors (Lipinski definition) is 4.